The summed E-state index contributed by atoms with van der Waals surface area (Å²) in [6, 6.07) is 14.1. The first kappa shape index (κ1) is 27.3. The quantitative estimate of drug-likeness (QED) is 0.472. The molecule has 1 N–H and O–H groups in total. The number of rotatable bonds is 7. The van der Waals surface area contributed by atoms with Crippen LogP contribution in [0.2, 0.25) is 0 Å². The van der Waals surface area contributed by atoms with E-state index in [1.807, 2.05) is 42.3 Å². The van der Waals surface area contributed by atoms with Gasteiger partial charge in [-0.2, -0.15) is 0 Å². The predicted octanol–water partition coefficient (Wildman–Crippen LogP) is 3.79. The van der Waals surface area contributed by atoms with Gasteiger partial charge in [-0.25, -0.2) is 14.8 Å². The fraction of sp³-hybridized carbons (Fsp3) is 0.484. The van der Waals surface area contributed by atoms with Crippen molar-refractivity contribution in [3.63, 3.8) is 0 Å². The Balaban J connectivity index is 1.01. The topological polar surface area (TPSA) is 94.1 Å². The van der Waals surface area contributed by atoms with Gasteiger partial charge in [0, 0.05) is 81.6 Å². The number of nitrogens with zero attached hydrogens (tertiary/aromatic N) is 6. The first-order valence-electron chi connectivity index (χ1n) is 14.8. The SMILES string of the molecule is CN1CCN(CCOc2ccc3c(C4CCN(C(=O)Nc5ccc(N6CCCC6)cc5)CC4)ncnc3c2)CC1=O. The van der Waals surface area contributed by atoms with Gasteiger partial charge >= 0.3 is 6.03 Å². The van der Waals surface area contributed by atoms with E-state index in [-0.39, 0.29) is 17.9 Å². The zero-order valence-electron chi connectivity index (χ0n) is 23.8. The minimum absolute atomic E-state index is 0.0485. The largest absolute Gasteiger partial charge is 0.492 e. The smallest absolute Gasteiger partial charge is 0.321 e. The molecule has 0 saturated carbocycles. The van der Waals surface area contributed by atoms with Crippen molar-refractivity contribution in [2.24, 2.45) is 0 Å². The number of likely N-dealkylation sites (N-methyl/N-ethyl adjacent to an activating group) is 1. The third-order valence-corrected chi connectivity index (χ3v) is 8.61. The van der Waals surface area contributed by atoms with E-state index in [0.29, 0.717) is 32.8 Å². The average molecular weight is 558 g/mol. The van der Waals surface area contributed by atoms with Crippen LogP contribution in [-0.4, -0.2) is 103 Å². The van der Waals surface area contributed by atoms with Gasteiger partial charge in [-0.15, -0.1) is 0 Å². The van der Waals surface area contributed by atoms with Gasteiger partial charge in [0.2, 0.25) is 5.91 Å². The summed E-state index contributed by atoms with van der Waals surface area (Å²) < 4.78 is 6.01. The summed E-state index contributed by atoms with van der Waals surface area (Å²) >= 11 is 0. The van der Waals surface area contributed by atoms with Crippen molar-refractivity contribution in [3.05, 3.63) is 54.5 Å². The number of piperidine rings is 1. The highest BCUT2D eigenvalue weighted by atomic mass is 16.5. The van der Waals surface area contributed by atoms with Crippen molar-refractivity contribution in [1.82, 2.24) is 24.7 Å². The minimum atomic E-state index is -0.0485. The number of ether oxygens (including phenoxy) is 1. The Hall–Kier alpha value is -3.92. The van der Waals surface area contributed by atoms with E-state index in [0.717, 1.165) is 67.1 Å². The standard InChI is InChI=1S/C31H39N7O3/c1-35-16-17-36(21-29(35)39)18-19-41-26-8-9-27-28(20-26)32-22-33-30(27)23-10-14-38(15-11-23)31(40)34-24-4-6-25(7-5-24)37-12-2-3-13-37/h4-9,20,22-23H,2-3,10-19,21H2,1H3,(H,34,40). The van der Waals surface area contributed by atoms with Gasteiger partial charge in [-0.1, -0.05) is 0 Å². The third kappa shape index (κ3) is 6.37. The van der Waals surface area contributed by atoms with Crippen molar-refractivity contribution in [3.8, 4) is 5.75 Å². The van der Waals surface area contributed by atoms with Crippen molar-refractivity contribution >= 4 is 34.2 Å². The van der Waals surface area contributed by atoms with E-state index in [1.165, 1.54) is 18.5 Å². The number of amides is 3. The van der Waals surface area contributed by atoms with E-state index in [1.54, 1.807) is 11.2 Å². The summed E-state index contributed by atoms with van der Waals surface area (Å²) in [6.45, 7) is 6.88. The molecule has 2 aromatic carbocycles. The number of piperazine rings is 1. The Labute approximate surface area is 241 Å². The summed E-state index contributed by atoms with van der Waals surface area (Å²) in [6.07, 6.45) is 5.83. The predicted molar refractivity (Wildman–Crippen MR) is 160 cm³/mol. The Morgan fingerprint density at radius 1 is 0.976 bits per heavy atom. The molecule has 0 aliphatic carbocycles. The van der Waals surface area contributed by atoms with Crippen molar-refractivity contribution in [2.45, 2.75) is 31.6 Å². The second-order valence-corrected chi connectivity index (χ2v) is 11.3. The third-order valence-electron chi connectivity index (χ3n) is 8.61. The lowest BCUT2D eigenvalue weighted by Gasteiger charge is -2.32. The monoisotopic (exact) mass is 557 g/mol. The minimum Gasteiger partial charge on any atom is -0.492 e. The lowest BCUT2D eigenvalue weighted by Crippen LogP contribution is -2.49. The van der Waals surface area contributed by atoms with E-state index in [2.05, 4.69) is 37.2 Å². The fourth-order valence-corrected chi connectivity index (χ4v) is 6.05. The number of anilines is 2. The second-order valence-electron chi connectivity index (χ2n) is 11.3. The number of nitrogens with one attached hydrogen (secondary N) is 1. The van der Waals surface area contributed by atoms with Gasteiger partial charge in [0.25, 0.3) is 0 Å². The number of carbonyl (C=O) groups excluding carboxylic acids is 2. The van der Waals surface area contributed by atoms with Gasteiger partial charge in [0.15, 0.2) is 0 Å². The van der Waals surface area contributed by atoms with Crippen LogP contribution in [0, 0.1) is 0 Å². The summed E-state index contributed by atoms with van der Waals surface area (Å²) in [4.78, 5) is 42.2. The number of hydrogen-bond acceptors (Lipinski definition) is 7. The zero-order chi connectivity index (χ0) is 28.2. The number of likely N-dealkylation sites (tertiary alicyclic amines) is 1. The van der Waals surface area contributed by atoms with Gasteiger partial charge in [0.05, 0.1) is 17.8 Å². The Kier molecular flexibility index (Phi) is 8.18. The molecule has 3 amide bonds. The van der Waals surface area contributed by atoms with Crippen LogP contribution in [-0.2, 0) is 4.79 Å². The molecule has 3 fully saturated rings. The molecule has 0 atom stereocenters. The number of fused-ring (bicyclic) bond motifs is 1. The van der Waals surface area contributed by atoms with Crippen LogP contribution < -0.4 is 15.0 Å². The Morgan fingerprint density at radius 3 is 2.51 bits per heavy atom. The zero-order valence-corrected chi connectivity index (χ0v) is 23.8. The van der Waals surface area contributed by atoms with Crippen LogP contribution in [0.4, 0.5) is 16.2 Å². The van der Waals surface area contributed by atoms with E-state index < -0.39 is 0 Å². The number of aromatic nitrogens is 2. The molecule has 3 saturated heterocycles. The molecule has 0 unspecified atom stereocenters. The number of urea groups is 1. The van der Waals surface area contributed by atoms with Crippen LogP contribution in [0.25, 0.3) is 10.9 Å². The average Bonchev–Trinajstić information content (AvgIpc) is 3.54. The summed E-state index contributed by atoms with van der Waals surface area (Å²) in [5, 5.41) is 4.10. The maximum Gasteiger partial charge on any atom is 0.321 e. The van der Waals surface area contributed by atoms with Crippen molar-refractivity contribution in [2.75, 3.05) is 76.2 Å². The molecule has 216 valence electrons. The summed E-state index contributed by atoms with van der Waals surface area (Å²) in [7, 11) is 1.84. The lowest BCUT2D eigenvalue weighted by molar-refractivity contribution is -0.134. The molecular formula is C31H39N7O3. The molecule has 10 heteroatoms. The van der Waals surface area contributed by atoms with E-state index >= 15 is 0 Å². The van der Waals surface area contributed by atoms with Gasteiger partial charge in [-0.3, -0.25) is 9.69 Å². The molecular weight excluding hydrogens is 518 g/mol. The van der Waals surface area contributed by atoms with Crippen molar-refractivity contribution in [1.29, 1.82) is 0 Å². The molecule has 6 rings (SSSR count). The van der Waals surface area contributed by atoms with Gasteiger partial charge in [-0.05, 0) is 62.1 Å². The summed E-state index contributed by atoms with van der Waals surface area (Å²) in [5.74, 6) is 1.19. The van der Waals surface area contributed by atoms with E-state index in [4.69, 9.17) is 4.74 Å². The van der Waals surface area contributed by atoms with Crippen LogP contribution >= 0.6 is 0 Å². The normalized spacial score (nSPS) is 18.8. The molecule has 0 spiro atoms. The highest BCUT2D eigenvalue weighted by molar-refractivity contribution is 5.89. The van der Waals surface area contributed by atoms with Gasteiger partial charge < -0.3 is 24.8 Å². The molecule has 4 heterocycles. The van der Waals surface area contributed by atoms with Crippen LogP contribution in [0.3, 0.4) is 0 Å². The molecule has 3 aromatic rings. The maximum absolute atomic E-state index is 13.0. The molecule has 1 aromatic heterocycles. The highest BCUT2D eigenvalue weighted by Gasteiger charge is 2.26. The van der Waals surface area contributed by atoms with Crippen LogP contribution in [0.5, 0.6) is 5.75 Å². The Morgan fingerprint density at radius 2 is 1.76 bits per heavy atom. The van der Waals surface area contributed by atoms with Crippen LogP contribution in [0.15, 0.2) is 48.8 Å². The lowest BCUT2D eigenvalue weighted by atomic mass is 9.91. The highest BCUT2D eigenvalue weighted by Crippen LogP contribution is 2.32. The maximum atomic E-state index is 13.0. The molecule has 0 radical (unpaired) electrons. The summed E-state index contributed by atoms with van der Waals surface area (Å²) in [5.41, 5.74) is 3.95. The molecule has 3 aliphatic rings. The molecule has 3 aliphatic heterocycles. The fourth-order valence-electron chi connectivity index (χ4n) is 6.05. The molecule has 10 nitrogen and oxygen atoms in total. The second kappa shape index (κ2) is 12.3. The first-order chi connectivity index (χ1) is 20.0. The van der Waals surface area contributed by atoms with Crippen LogP contribution in [0.1, 0.15) is 37.3 Å². The van der Waals surface area contributed by atoms with Gasteiger partial charge in [0.1, 0.15) is 18.7 Å². The molecule has 0 bridgehead atoms. The first-order valence-corrected chi connectivity index (χ1v) is 14.8. The number of hydrogen-bond donors (Lipinski definition) is 1. The van der Waals surface area contributed by atoms with E-state index in [9.17, 15) is 9.59 Å². The Bertz CT molecular complexity index is 1370. The van der Waals surface area contributed by atoms with Crippen molar-refractivity contribution < 1.29 is 14.3 Å². The number of carbonyl (C=O) groups is 2. The molecule has 41 heavy (non-hydrogen) atoms. The number of benzene rings is 2.